The lowest BCUT2D eigenvalue weighted by Gasteiger charge is -2.12. The highest BCUT2D eigenvalue weighted by Gasteiger charge is 2.01. The maximum absolute atomic E-state index is 5.12. The van der Waals surface area contributed by atoms with Gasteiger partial charge in [-0.25, -0.2) is 4.98 Å². The van der Waals surface area contributed by atoms with Gasteiger partial charge in [-0.1, -0.05) is 35.9 Å². The van der Waals surface area contributed by atoms with Gasteiger partial charge in [0.25, 0.3) is 0 Å². The Morgan fingerprint density at radius 2 is 1.82 bits per heavy atom. The van der Waals surface area contributed by atoms with Gasteiger partial charge in [0.1, 0.15) is 0 Å². The molecule has 0 saturated carbocycles. The highest BCUT2D eigenvalue weighted by atomic mass is 16.5. The second kappa shape index (κ2) is 8.02. The number of methoxy groups -OCH3 is 1. The number of nitrogens with one attached hydrogen (secondary N) is 2. The number of guanidine groups is 1. The first-order chi connectivity index (χ1) is 10.7. The number of aryl methyl sites for hydroxylation is 1. The van der Waals surface area contributed by atoms with E-state index < -0.39 is 0 Å². The van der Waals surface area contributed by atoms with Gasteiger partial charge in [0.05, 0.1) is 19.3 Å². The van der Waals surface area contributed by atoms with E-state index in [2.05, 4.69) is 51.8 Å². The highest BCUT2D eigenvalue weighted by molar-refractivity contribution is 5.79. The number of aliphatic imine (C=N–C) groups is 1. The van der Waals surface area contributed by atoms with Crippen molar-refractivity contribution in [3.63, 3.8) is 0 Å². The summed E-state index contributed by atoms with van der Waals surface area (Å²) in [5.41, 5.74) is 3.38. The molecule has 5 nitrogen and oxygen atoms in total. The van der Waals surface area contributed by atoms with Gasteiger partial charge in [-0.2, -0.15) is 0 Å². The van der Waals surface area contributed by atoms with Crippen LogP contribution in [0.4, 0.5) is 0 Å². The molecule has 0 aliphatic carbocycles. The third-order valence-electron chi connectivity index (χ3n) is 3.23. The van der Waals surface area contributed by atoms with Gasteiger partial charge in [-0.15, -0.1) is 0 Å². The number of pyridine rings is 1. The van der Waals surface area contributed by atoms with Crippen molar-refractivity contribution in [2.45, 2.75) is 20.0 Å². The molecule has 1 aromatic carbocycles. The molecule has 0 bridgehead atoms. The second-order valence-electron chi connectivity index (χ2n) is 4.94. The molecule has 0 aliphatic rings. The Morgan fingerprint density at radius 3 is 2.50 bits per heavy atom. The first kappa shape index (κ1) is 15.8. The lowest BCUT2D eigenvalue weighted by molar-refractivity contribution is 0.396. The van der Waals surface area contributed by atoms with Crippen molar-refractivity contribution in [1.29, 1.82) is 0 Å². The number of hydrogen-bond acceptors (Lipinski definition) is 3. The summed E-state index contributed by atoms with van der Waals surface area (Å²) in [6, 6.07) is 14.1. The second-order valence-corrected chi connectivity index (χ2v) is 4.94. The third-order valence-corrected chi connectivity index (χ3v) is 3.23. The van der Waals surface area contributed by atoms with E-state index in [1.165, 1.54) is 11.1 Å². The van der Waals surface area contributed by atoms with Crippen molar-refractivity contribution in [2.75, 3.05) is 14.2 Å². The van der Waals surface area contributed by atoms with Gasteiger partial charge in [0.15, 0.2) is 5.96 Å². The summed E-state index contributed by atoms with van der Waals surface area (Å²) < 4.78 is 5.12. The molecule has 1 heterocycles. The van der Waals surface area contributed by atoms with Crippen LogP contribution >= 0.6 is 0 Å². The Bertz CT molecular complexity index is 623. The van der Waals surface area contributed by atoms with Crippen LogP contribution in [0.2, 0.25) is 0 Å². The summed E-state index contributed by atoms with van der Waals surface area (Å²) >= 11 is 0. The van der Waals surface area contributed by atoms with E-state index >= 15 is 0 Å². The molecule has 2 N–H and O–H groups in total. The van der Waals surface area contributed by atoms with Crippen LogP contribution in [0, 0.1) is 6.92 Å². The minimum Gasteiger partial charge on any atom is -0.481 e. The SMILES string of the molecule is CN=C(NCc1ccc(C)cc1)NCc1cccc(OC)n1. The summed E-state index contributed by atoms with van der Waals surface area (Å²) in [4.78, 5) is 8.57. The van der Waals surface area contributed by atoms with Crippen LogP contribution in [0.3, 0.4) is 0 Å². The molecule has 0 atom stereocenters. The first-order valence-corrected chi connectivity index (χ1v) is 7.21. The fourth-order valence-electron chi connectivity index (χ4n) is 1.96. The number of hydrogen-bond donors (Lipinski definition) is 2. The van der Waals surface area contributed by atoms with Gasteiger partial charge in [-0.05, 0) is 18.6 Å². The smallest absolute Gasteiger partial charge is 0.213 e. The largest absolute Gasteiger partial charge is 0.481 e. The fraction of sp³-hybridized carbons (Fsp3) is 0.294. The molecule has 0 spiro atoms. The zero-order valence-electron chi connectivity index (χ0n) is 13.3. The molecule has 2 aromatic rings. The molecular formula is C17H22N4O. The van der Waals surface area contributed by atoms with Crippen LogP contribution < -0.4 is 15.4 Å². The van der Waals surface area contributed by atoms with E-state index in [1.807, 2.05) is 18.2 Å². The van der Waals surface area contributed by atoms with Gasteiger partial charge in [-0.3, -0.25) is 4.99 Å². The maximum Gasteiger partial charge on any atom is 0.213 e. The van der Waals surface area contributed by atoms with Crippen LogP contribution in [-0.2, 0) is 13.1 Å². The molecule has 1 aromatic heterocycles. The van der Waals surface area contributed by atoms with Crippen molar-refractivity contribution < 1.29 is 4.74 Å². The van der Waals surface area contributed by atoms with Crippen LogP contribution in [-0.4, -0.2) is 25.1 Å². The Hall–Kier alpha value is -2.56. The van der Waals surface area contributed by atoms with Crippen LogP contribution in [0.25, 0.3) is 0 Å². The van der Waals surface area contributed by atoms with Crippen molar-refractivity contribution in [1.82, 2.24) is 15.6 Å². The standard InChI is InChI=1S/C17H22N4O/c1-13-7-9-14(10-8-13)11-19-17(18-2)20-12-15-5-4-6-16(21-15)22-3/h4-10H,11-12H2,1-3H3,(H2,18,19,20). The summed E-state index contributed by atoms with van der Waals surface area (Å²) in [7, 11) is 3.37. The molecular weight excluding hydrogens is 276 g/mol. The Morgan fingerprint density at radius 1 is 1.09 bits per heavy atom. The number of ether oxygens (including phenoxy) is 1. The lowest BCUT2D eigenvalue weighted by atomic mass is 10.1. The molecule has 116 valence electrons. The van der Waals surface area contributed by atoms with E-state index in [-0.39, 0.29) is 0 Å². The molecule has 5 heteroatoms. The molecule has 0 amide bonds. The van der Waals surface area contributed by atoms with Gasteiger partial charge in [0.2, 0.25) is 5.88 Å². The highest BCUT2D eigenvalue weighted by Crippen LogP contribution is 2.06. The minimum absolute atomic E-state index is 0.588. The summed E-state index contributed by atoms with van der Waals surface area (Å²) in [5, 5.41) is 6.52. The number of benzene rings is 1. The quantitative estimate of drug-likeness (QED) is 0.657. The van der Waals surface area contributed by atoms with Crippen LogP contribution in [0.5, 0.6) is 5.88 Å². The lowest BCUT2D eigenvalue weighted by Crippen LogP contribution is -2.36. The Labute approximate surface area is 131 Å². The third kappa shape index (κ3) is 4.77. The van der Waals surface area contributed by atoms with Crippen molar-refractivity contribution in [3.8, 4) is 5.88 Å². The van der Waals surface area contributed by atoms with E-state index in [9.17, 15) is 0 Å². The van der Waals surface area contributed by atoms with Gasteiger partial charge in [0, 0.05) is 19.7 Å². The van der Waals surface area contributed by atoms with E-state index in [4.69, 9.17) is 4.74 Å². The maximum atomic E-state index is 5.12. The molecule has 0 radical (unpaired) electrons. The van der Waals surface area contributed by atoms with Gasteiger partial charge >= 0.3 is 0 Å². The number of aromatic nitrogens is 1. The molecule has 0 saturated heterocycles. The van der Waals surface area contributed by atoms with Crippen molar-refractivity contribution in [2.24, 2.45) is 4.99 Å². The summed E-state index contributed by atoms with van der Waals surface area (Å²) in [6.45, 7) is 3.40. The first-order valence-electron chi connectivity index (χ1n) is 7.21. The average molecular weight is 298 g/mol. The van der Waals surface area contributed by atoms with Crippen molar-refractivity contribution >= 4 is 5.96 Å². The molecule has 2 rings (SSSR count). The van der Waals surface area contributed by atoms with E-state index in [0.717, 1.165) is 18.2 Å². The Kier molecular flexibility index (Phi) is 5.77. The summed E-state index contributed by atoms with van der Waals surface area (Å²) in [5.74, 6) is 1.35. The Balaban J connectivity index is 1.85. The number of rotatable bonds is 5. The normalized spacial score (nSPS) is 11.1. The van der Waals surface area contributed by atoms with Crippen molar-refractivity contribution in [3.05, 3.63) is 59.3 Å². The van der Waals surface area contributed by atoms with Gasteiger partial charge < -0.3 is 15.4 Å². The predicted octanol–water partition coefficient (Wildman–Crippen LogP) is 2.26. The monoisotopic (exact) mass is 298 g/mol. The zero-order chi connectivity index (χ0) is 15.8. The fourth-order valence-corrected chi connectivity index (χ4v) is 1.96. The molecule has 0 fully saturated rings. The topological polar surface area (TPSA) is 58.5 Å². The number of nitrogens with zero attached hydrogens (tertiary/aromatic N) is 2. The molecule has 22 heavy (non-hydrogen) atoms. The molecule has 0 unspecified atom stereocenters. The van der Waals surface area contributed by atoms with E-state index in [1.54, 1.807) is 14.2 Å². The van der Waals surface area contributed by atoms with Crippen LogP contribution in [0.1, 0.15) is 16.8 Å². The predicted molar refractivity (Wildman–Crippen MR) is 89.0 cm³/mol. The van der Waals surface area contributed by atoms with Crippen LogP contribution in [0.15, 0.2) is 47.5 Å². The summed E-state index contributed by atoms with van der Waals surface area (Å²) in [6.07, 6.45) is 0. The average Bonchev–Trinajstić information content (AvgIpc) is 2.57. The minimum atomic E-state index is 0.588. The zero-order valence-corrected chi connectivity index (χ0v) is 13.3. The molecule has 0 aliphatic heterocycles. The van der Waals surface area contributed by atoms with E-state index in [0.29, 0.717) is 12.4 Å².